The molecule has 0 aliphatic carbocycles. The summed E-state index contributed by atoms with van der Waals surface area (Å²) in [7, 11) is 0. The van der Waals surface area contributed by atoms with Gasteiger partial charge in [0, 0.05) is 10.6 Å². The molecule has 0 heterocycles. The lowest BCUT2D eigenvalue weighted by molar-refractivity contribution is 0.583. The molecule has 0 aliphatic heterocycles. The Labute approximate surface area is 115 Å². The summed E-state index contributed by atoms with van der Waals surface area (Å²) in [4.78, 5) is 1.23. The van der Waals surface area contributed by atoms with Gasteiger partial charge in [-0.25, -0.2) is 0 Å². The lowest BCUT2D eigenvalue weighted by atomic mass is 9.87. The number of nitrogens with zero attached hydrogens (tertiary/aromatic N) is 1. The van der Waals surface area contributed by atoms with Crippen molar-refractivity contribution in [2.24, 2.45) is 5.73 Å². The van der Waals surface area contributed by atoms with Gasteiger partial charge in [-0.05, 0) is 36.5 Å². The molecule has 0 spiro atoms. The molecule has 0 radical (unpaired) electrons. The SMILES string of the molecule is CC(N)(C#N)CCSc1ccc(C(C)(C)C)cc1. The fourth-order valence-electron chi connectivity index (χ4n) is 1.49. The minimum absolute atomic E-state index is 0.194. The van der Waals surface area contributed by atoms with E-state index in [1.54, 1.807) is 18.7 Å². The molecule has 3 heteroatoms. The predicted molar refractivity (Wildman–Crippen MR) is 78.7 cm³/mol. The Hall–Kier alpha value is -0.980. The second kappa shape index (κ2) is 5.77. The van der Waals surface area contributed by atoms with E-state index in [4.69, 9.17) is 11.0 Å². The summed E-state index contributed by atoms with van der Waals surface area (Å²) >= 11 is 1.75. The first-order valence-corrected chi connectivity index (χ1v) is 7.17. The third kappa shape index (κ3) is 4.72. The second-order valence-electron chi connectivity index (χ2n) is 5.90. The van der Waals surface area contributed by atoms with E-state index in [-0.39, 0.29) is 5.41 Å². The number of thioether (sulfide) groups is 1. The van der Waals surface area contributed by atoms with Crippen molar-refractivity contribution in [1.82, 2.24) is 0 Å². The van der Waals surface area contributed by atoms with Crippen LogP contribution in [0.2, 0.25) is 0 Å². The summed E-state index contributed by atoms with van der Waals surface area (Å²) in [6.07, 6.45) is 0.704. The van der Waals surface area contributed by atoms with Crippen LogP contribution < -0.4 is 5.73 Å². The van der Waals surface area contributed by atoms with Crippen molar-refractivity contribution in [3.8, 4) is 6.07 Å². The fraction of sp³-hybridized carbons (Fsp3) is 0.533. The number of hydrogen-bond acceptors (Lipinski definition) is 3. The van der Waals surface area contributed by atoms with Crippen LogP contribution in [0, 0.1) is 11.3 Å². The first-order chi connectivity index (χ1) is 8.24. The molecule has 2 N–H and O–H groups in total. The van der Waals surface area contributed by atoms with Crippen molar-refractivity contribution < 1.29 is 0 Å². The van der Waals surface area contributed by atoms with E-state index >= 15 is 0 Å². The van der Waals surface area contributed by atoms with Gasteiger partial charge in [0.05, 0.1) is 6.07 Å². The number of nitrogens with two attached hydrogens (primary N) is 1. The van der Waals surface area contributed by atoms with Crippen LogP contribution in [0.4, 0.5) is 0 Å². The van der Waals surface area contributed by atoms with Crippen LogP contribution >= 0.6 is 11.8 Å². The van der Waals surface area contributed by atoms with E-state index in [1.165, 1.54) is 10.5 Å². The quantitative estimate of drug-likeness (QED) is 0.842. The molecule has 1 aromatic carbocycles. The molecule has 0 aromatic heterocycles. The monoisotopic (exact) mass is 262 g/mol. The summed E-state index contributed by atoms with van der Waals surface area (Å²) in [5.41, 5.74) is 6.61. The Morgan fingerprint density at radius 3 is 2.17 bits per heavy atom. The van der Waals surface area contributed by atoms with Gasteiger partial charge in [-0.1, -0.05) is 32.9 Å². The lowest BCUT2D eigenvalue weighted by Gasteiger charge is -2.19. The van der Waals surface area contributed by atoms with Crippen molar-refractivity contribution >= 4 is 11.8 Å². The molecule has 18 heavy (non-hydrogen) atoms. The van der Waals surface area contributed by atoms with Gasteiger partial charge in [0.15, 0.2) is 0 Å². The van der Waals surface area contributed by atoms with Crippen LogP contribution in [0.5, 0.6) is 0 Å². The van der Waals surface area contributed by atoms with Crippen molar-refractivity contribution in [1.29, 1.82) is 5.26 Å². The maximum Gasteiger partial charge on any atom is 0.102 e. The van der Waals surface area contributed by atoms with Gasteiger partial charge in [0.25, 0.3) is 0 Å². The minimum atomic E-state index is -0.710. The van der Waals surface area contributed by atoms with Gasteiger partial charge >= 0.3 is 0 Å². The Morgan fingerprint density at radius 1 is 1.17 bits per heavy atom. The van der Waals surface area contributed by atoms with Crippen LogP contribution in [-0.2, 0) is 5.41 Å². The van der Waals surface area contributed by atoms with Crippen LogP contribution in [-0.4, -0.2) is 11.3 Å². The summed E-state index contributed by atoms with van der Waals surface area (Å²) in [5.74, 6) is 0.870. The van der Waals surface area contributed by atoms with Crippen molar-refractivity contribution in [2.75, 3.05) is 5.75 Å². The number of rotatable bonds is 4. The Bertz CT molecular complexity index is 421. The molecule has 2 nitrogen and oxygen atoms in total. The maximum atomic E-state index is 8.83. The second-order valence-corrected chi connectivity index (χ2v) is 7.07. The van der Waals surface area contributed by atoms with Gasteiger partial charge in [0.2, 0.25) is 0 Å². The van der Waals surface area contributed by atoms with Crippen molar-refractivity contribution in [3.05, 3.63) is 29.8 Å². The average Bonchev–Trinajstić information content (AvgIpc) is 2.28. The number of benzene rings is 1. The zero-order valence-electron chi connectivity index (χ0n) is 11.7. The van der Waals surface area contributed by atoms with Gasteiger partial charge in [-0.15, -0.1) is 11.8 Å². The highest BCUT2D eigenvalue weighted by Crippen LogP contribution is 2.26. The zero-order chi connectivity index (χ0) is 13.8. The smallest absolute Gasteiger partial charge is 0.102 e. The van der Waals surface area contributed by atoms with Gasteiger partial charge in [-0.3, -0.25) is 0 Å². The van der Waals surface area contributed by atoms with E-state index in [2.05, 4.69) is 51.1 Å². The van der Waals surface area contributed by atoms with Crippen LogP contribution in [0.3, 0.4) is 0 Å². The van der Waals surface area contributed by atoms with Gasteiger partial charge in [-0.2, -0.15) is 5.26 Å². The summed E-state index contributed by atoms with van der Waals surface area (Å²) < 4.78 is 0. The lowest BCUT2D eigenvalue weighted by Crippen LogP contribution is -2.34. The Balaban J connectivity index is 2.53. The maximum absolute atomic E-state index is 8.83. The highest BCUT2D eigenvalue weighted by atomic mass is 32.2. The molecule has 1 atom stereocenters. The minimum Gasteiger partial charge on any atom is -0.314 e. The van der Waals surface area contributed by atoms with Crippen LogP contribution in [0.1, 0.15) is 39.7 Å². The first-order valence-electron chi connectivity index (χ1n) is 6.18. The molecule has 0 amide bonds. The topological polar surface area (TPSA) is 49.8 Å². The molecular formula is C15H22N2S. The number of nitriles is 1. The fourth-order valence-corrected chi connectivity index (χ4v) is 2.58. The van der Waals surface area contributed by atoms with E-state index in [1.807, 2.05) is 0 Å². The number of hydrogen-bond donors (Lipinski definition) is 1. The molecular weight excluding hydrogens is 240 g/mol. The molecule has 1 unspecified atom stereocenters. The Kier molecular flexibility index (Phi) is 4.84. The van der Waals surface area contributed by atoms with Gasteiger partial charge < -0.3 is 5.73 Å². The largest absolute Gasteiger partial charge is 0.314 e. The van der Waals surface area contributed by atoms with Crippen LogP contribution in [0.25, 0.3) is 0 Å². The van der Waals surface area contributed by atoms with E-state index < -0.39 is 5.54 Å². The summed E-state index contributed by atoms with van der Waals surface area (Å²) in [6, 6.07) is 10.8. The molecule has 0 aliphatic rings. The third-order valence-electron chi connectivity index (χ3n) is 2.87. The van der Waals surface area contributed by atoms with E-state index in [9.17, 15) is 0 Å². The molecule has 98 valence electrons. The molecule has 1 aromatic rings. The summed E-state index contributed by atoms with van der Waals surface area (Å²) in [6.45, 7) is 8.40. The van der Waals surface area contributed by atoms with Crippen LogP contribution in [0.15, 0.2) is 29.2 Å². The molecule has 1 rings (SSSR count). The van der Waals surface area contributed by atoms with Crippen molar-refractivity contribution in [3.63, 3.8) is 0 Å². The molecule has 0 saturated heterocycles. The van der Waals surface area contributed by atoms with E-state index in [0.29, 0.717) is 6.42 Å². The third-order valence-corrected chi connectivity index (χ3v) is 3.88. The standard InChI is InChI=1S/C15H22N2S/c1-14(2,3)12-5-7-13(8-6-12)18-10-9-15(4,17)11-16/h5-8H,9-10,17H2,1-4H3. The first kappa shape index (κ1) is 15.1. The van der Waals surface area contributed by atoms with Gasteiger partial charge in [0.1, 0.15) is 5.54 Å². The molecule has 0 fully saturated rings. The highest BCUT2D eigenvalue weighted by molar-refractivity contribution is 7.99. The molecule has 0 saturated carbocycles. The predicted octanol–water partition coefficient (Wildman–Crippen LogP) is 3.71. The normalized spacial score (nSPS) is 14.9. The van der Waals surface area contributed by atoms with E-state index in [0.717, 1.165) is 5.75 Å². The summed E-state index contributed by atoms with van der Waals surface area (Å²) in [5, 5.41) is 8.83. The molecule has 0 bridgehead atoms. The zero-order valence-corrected chi connectivity index (χ0v) is 12.5. The van der Waals surface area contributed by atoms with Crippen molar-refractivity contribution in [2.45, 2.75) is 50.0 Å². The average molecular weight is 262 g/mol. The Morgan fingerprint density at radius 2 is 1.72 bits per heavy atom. The highest BCUT2D eigenvalue weighted by Gasteiger charge is 2.16.